The Morgan fingerprint density at radius 2 is 2.00 bits per heavy atom. The molecule has 102 valence electrons. The quantitative estimate of drug-likeness (QED) is 0.834. The van der Waals surface area contributed by atoms with Crippen LogP contribution in [-0.2, 0) is 6.42 Å². The van der Waals surface area contributed by atoms with Gasteiger partial charge in [0.1, 0.15) is 0 Å². The van der Waals surface area contributed by atoms with E-state index in [9.17, 15) is 9.90 Å². The number of nitrogens with one attached hydrogen (secondary N) is 1. The molecular formula is C14H23NO2S. The first kappa shape index (κ1) is 15.2. The number of aryl methyl sites for hydroxylation is 2. The van der Waals surface area contributed by atoms with E-state index in [0.717, 1.165) is 24.1 Å². The number of thiophene rings is 1. The summed E-state index contributed by atoms with van der Waals surface area (Å²) in [6, 6.07) is 1.94. The molecule has 0 aliphatic carbocycles. The van der Waals surface area contributed by atoms with Crippen LogP contribution in [0.3, 0.4) is 0 Å². The Hall–Kier alpha value is -0.870. The van der Waals surface area contributed by atoms with Crippen LogP contribution in [0.5, 0.6) is 0 Å². The molecule has 1 heterocycles. The molecule has 0 aromatic carbocycles. The van der Waals surface area contributed by atoms with E-state index in [2.05, 4.69) is 12.2 Å². The summed E-state index contributed by atoms with van der Waals surface area (Å²) < 4.78 is 0. The highest BCUT2D eigenvalue weighted by Gasteiger charge is 2.28. The van der Waals surface area contributed by atoms with E-state index in [1.807, 2.05) is 26.8 Å². The Balaban J connectivity index is 2.87. The van der Waals surface area contributed by atoms with Gasteiger partial charge >= 0.3 is 0 Å². The van der Waals surface area contributed by atoms with Crippen LogP contribution in [0.4, 0.5) is 0 Å². The van der Waals surface area contributed by atoms with Gasteiger partial charge in [0, 0.05) is 4.88 Å². The SMILES string of the molecule is CCc1sc(C(=O)NC(CC)(CC)CO)cc1C. The van der Waals surface area contributed by atoms with Crippen molar-refractivity contribution >= 4 is 17.2 Å². The number of hydrogen-bond acceptors (Lipinski definition) is 3. The molecule has 0 radical (unpaired) electrons. The lowest BCUT2D eigenvalue weighted by atomic mass is 9.94. The molecule has 1 rings (SSSR count). The molecule has 4 heteroatoms. The highest BCUT2D eigenvalue weighted by atomic mass is 32.1. The highest BCUT2D eigenvalue weighted by molar-refractivity contribution is 7.14. The van der Waals surface area contributed by atoms with Crippen molar-refractivity contribution < 1.29 is 9.90 Å². The smallest absolute Gasteiger partial charge is 0.261 e. The van der Waals surface area contributed by atoms with Crippen molar-refractivity contribution in [3.63, 3.8) is 0 Å². The number of hydrogen-bond donors (Lipinski definition) is 2. The molecule has 18 heavy (non-hydrogen) atoms. The van der Waals surface area contributed by atoms with Crippen molar-refractivity contribution in [2.24, 2.45) is 0 Å². The summed E-state index contributed by atoms with van der Waals surface area (Å²) >= 11 is 1.55. The molecule has 3 nitrogen and oxygen atoms in total. The van der Waals surface area contributed by atoms with E-state index in [1.54, 1.807) is 11.3 Å². The normalized spacial score (nSPS) is 11.6. The van der Waals surface area contributed by atoms with Crippen molar-refractivity contribution in [3.8, 4) is 0 Å². The van der Waals surface area contributed by atoms with Crippen LogP contribution >= 0.6 is 11.3 Å². The van der Waals surface area contributed by atoms with Crippen molar-refractivity contribution in [2.75, 3.05) is 6.61 Å². The highest BCUT2D eigenvalue weighted by Crippen LogP contribution is 2.23. The lowest BCUT2D eigenvalue weighted by Crippen LogP contribution is -2.50. The average Bonchev–Trinajstić information content (AvgIpc) is 2.77. The van der Waals surface area contributed by atoms with Gasteiger partial charge < -0.3 is 10.4 Å². The summed E-state index contributed by atoms with van der Waals surface area (Å²) in [6.07, 6.45) is 2.42. The van der Waals surface area contributed by atoms with Crippen LogP contribution in [0.2, 0.25) is 0 Å². The van der Waals surface area contributed by atoms with E-state index in [0.29, 0.717) is 0 Å². The predicted octanol–water partition coefficient (Wildman–Crippen LogP) is 2.90. The second-order valence-electron chi connectivity index (χ2n) is 4.67. The fraction of sp³-hybridized carbons (Fsp3) is 0.643. The van der Waals surface area contributed by atoms with E-state index in [-0.39, 0.29) is 12.5 Å². The molecule has 0 aliphatic rings. The Kier molecular flexibility index (Phi) is 5.35. The maximum atomic E-state index is 12.2. The number of carbonyl (C=O) groups is 1. The van der Waals surface area contributed by atoms with Gasteiger partial charge in [0.05, 0.1) is 17.0 Å². The summed E-state index contributed by atoms with van der Waals surface area (Å²) in [4.78, 5) is 14.2. The van der Waals surface area contributed by atoms with Gasteiger partial charge in [0.25, 0.3) is 5.91 Å². The van der Waals surface area contributed by atoms with Gasteiger partial charge in [0.2, 0.25) is 0 Å². The molecular weight excluding hydrogens is 246 g/mol. The van der Waals surface area contributed by atoms with Crippen LogP contribution in [0.25, 0.3) is 0 Å². The number of aliphatic hydroxyl groups excluding tert-OH is 1. The van der Waals surface area contributed by atoms with Gasteiger partial charge in [-0.15, -0.1) is 11.3 Å². The molecule has 0 unspecified atom stereocenters. The van der Waals surface area contributed by atoms with Gasteiger partial charge in [-0.25, -0.2) is 0 Å². The summed E-state index contributed by atoms with van der Waals surface area (Å²) in [7, 11) is 0. The second-order valence-corrected chi connectivity index (χ2v) is 5.81. The molecule has 1 aromatic rings. The third-order valence-corrected chi connectivity index (χ3v) is 4.98. The van der Waals surface area contributed by atoms with E-state index >= 15 is 0 Å². The van der Waals surface area contributed by atoms with Crippen LogP contribution in [-0.4, -0.2) is 23.2 Å². The molecule has 1 aromatic heterocycles. The maximum absolute atomic E-state index is 12.2. The molecule has 0 spiro atoms. The zero-order chi connectivity index (χ0) is 13.8. The monoisotopic (exact) mass is 269 g/mol. The van der Waals surface area contributed by atoms with Crippen LogP contribution in [0, 0.1) is 6.92 Å². The summed E-state index contributed by atoms with van der Waals surface area (Å²) in [5.41, 5.74) is 0.691. The van der Waals surface area contributed by atoms with E-state index < -0.39 is 5.54 Å². The third-order valence-electron chi connectivity index (χ3n) is 3.60. The van der Waals surface area contributed by atoms with Crippen LogP contribution in [0.1, 0.15) is 53.7 Å². The maximum Gasteiger partial charge on any atom is 0.261 e. The first-order valence-corrected chi connectivity index (χ1v) is 7.36. The Morgan fingerprint density at radius 1 is 1.39 bits per heavy atom. The largest absolute Gasteiger partial charge is 0.394 e. The average molecular weight is 269 g/mol. The van der Waals surface area contributed by atoms with Gasteiger partial charge in [-0.2, -0.15) is 0 Å². The van der Waals surface area contributed by atoms with Gasteiger partial charge in [-0.3, -0.25) is 4.79 Å². The third kappa shape index (κ3) is 3.12. The first-order valence-electron chi connectivity index (χ1n) is 6.54. The number of carbonyl (C=O) groups excluding carboxylic acids is 1. The molecule has 0 saturated heterocycles. The van der Waals surface area contributed by atoms with E-state index in [4.69, 9.17) is 0 Å². The lowest BCUT2D eigenvalue weighted by Gasteiger charge is -2.30. The van der Waals surface area contributed by atoms with Gasteiger partial charge in [-0.1, -0.05) is 20.8 Å². The summed E-state index contributed by atoms with van der Waals surface area (Å²) in [5.74, 6) is -0.0689. The molecule has 0 fully saturated rings. The predicted molar refractivity (Wildman–Crippen MR) is 76.3 cm³/mol. The van der Waals surface area contributed by atoms with Crippen LogP contribution in [0.15, 0.2) is 6.07 Å². The Labute approximate surface area is 113 Å². The minimum Gasteiger partial charge on any atom is -0.394 e. The first-order chi connectivity index (χ1) is 8.51. The van der Waals surface area contributed by atoms with Gasteiger partial charge in [0.15, 0.2) is 0 Å². The second kappa shape index (κ2) is 6.34. The van der Waals surface area contributed by atoms with E-state index in [1.165, 1.54) is 10.4 Å². The topological polar surface area (TPSA) is 49.3 Å². The fourth-order valence-electron chi connectivity index (χ4n) is 1.98. The number of rotatable bonds is 6. The molecule has 0 aliphatic heterocycles. The number of aliphatic hydroxyl groups is 1. The summed E-state index contributed by atoms with van der Waals surface area (Å²) in [5, 5.41) is 12.4. The summed E-state index contributed by atoms with van der Waals surface area (Å²) in [6.45, 7) is 8.08. The molecule has 1 amide bonds. The molecule has 0 saturated carbocycles. The Morgan fingerprint density at radius 3 is 2.39 bits per heavy atom. The minimum absolute atomic E-state index is 0.0171. The zero-order valence-electron chi connectivity index (χ0n) is 11.7. The standard InChI is InChI=1S/C14H23NO2S/c1-5-11-10(4)8-12(18-11)13(17)15-14(6-2,7-3)9-16/h8,16H,5-7,9H2,1-4H3,(H,15,17). The van der Waals surface area contributed by atoms with Crippen molar-refractivity contribution in [1.82, 2.24) is 5.32 Å². The lowest BCUT2D eigenvalue weighted by molar-refractivity contribution is 0.0822. The Bertz CT molecular complexity index is 400. The van der Waals surface area contributed by atoms with Crippen molar-refractivity contribution in [3.05, 3.63) is 21.4 Å². The van der Waals surface area contributed by atoms with Crippen molar-refractivity contribution in [2.45, 2.75) is 52.5 Å². The molecule has 2 N–H and O–H groups in total. The van der Waals surface area contributed by atoms with Crippen LogP contribution < -0.4 is 5.32 Å². The molecule has 0 bridgehead atoms. The van der Waals surface area contributed by atoms with Crippen molar-refractivity contribution in [1.29, 1.82) is 0 Å². The number of amides is 1. The minimum atomic E-state index is -0.485. The zero-order valence-corrected chi connectivity index (χ0v) is 12.5. The van der Waals surface area contributed by atoms with Gasteiger partial charge in [-0.05, 0) is 37.8 Å². The fourth-order valence-corrected chi connectivity index (χ4v) is 2.98. The molecule has 0 atom stereocenters.